The fourth-order valence-corrected chi connectivity index (χ4v) is 1.73. The summed E-state index contributed by atoms with van der Waals surface area (Å²) < 4.78 is 0. The quantitative estimate of drug-likeness (QED) is 0.656. The van der Waals surface area contributed by atoms with E-state index in [-0.39, 0.29) is 0 Å². The van der Waals surface area contributed by atoms with Crippen molar-refractivity contribution in [2.75, 3.05) is 0 Å². The van der Waals surface area contributed by atoms with Gasteiger partial charge in [0.05, 0.1) is 0 Å². The molecule has 1 unspecified atom stereocenters. The third-order valence-corrected chi connectivity index (χ3v) is 2.64. The van der Waals surface area contributed by atoms with Crippen molar-refractivity contribution in [2.45, 2.75) is 19.8 Å². The van der Waals surface area contributed by atoms with Gasteiger partial charge in [-0.2, -0.15) is 0 Å². The summed E-state index contributed by atoms with van der Waals surface area (Å²) in [5.41, 5.74) is 2.85. The zero-order valence-corrected chi connectivity index (χ0v) is 8.61. The molecular weight excluding hydrogens is 168 g/mol. The van der Waals surface area contributed by atoms with Crippen molar-refractivity contribution in [1.29, 1.82) is 0 Å². The Bertz CT molecular complexity index is 344. The maximum absolute atomic E-state index is 2.36. The Balaban J connectivity index is 2.03. The molecule has 1 aliphatic rings. The van der Waals surface area contributed by atoms with E-state index in [4.69, 9.17) is 0 Å². The molecule has 0 spiro atoms. The van der Waals surface area contributed by atoms with E-state index < -0.39 is 0 Å². The summed E-state index contributed by atoms with van der Waals surface area (Å²) in [4.78, 5) is 0. The van der Waals surface area contributed by atoms with Crippen LogP contribution < -0.4 is 0 Å². The van der Waals surface area contributed by atoms with E-state index in [2.05, 4.69) is 55.5 Å². The lowest BCUT2D eigenvalue weighted by Crippen LogP contribution is -1.96. The summed E-state index contributed by atoms with van der Waals surface area (Å²) in [7, 11) is 0. The minimum absolute atomic E-state index is 0.717. The van der Waals surface area contributed by atoms with Crippen molar-refractivity contribution < 1.29 is 0 Å². The SMILES string of the molecule is CC1C=CC(Cc2ccccc2)=CC1. The zero-order chi connectivity index (χ0) is 9.80. The van der Waals surface area contributed by atoms with E-state index >= 15 is 0 Å². The van der Waals surface area contributed by atoms with E-state index in [0.29, 0.717) is 0 Å². The van der Waals surface area contributed by atoms with Gasteiger partial charge in [-0.1, -0.05) is 55.5 Å². The molecule has 0 saturated carbocycles. The summed E-state index contributed by atoms with van der Waals surface area (Å²) in [6, 6.07) is 10.6. The van der Waals surface area contributed by atoms with Gasteiger partial charge in [0.25, 0.3) is 0 Å². The maximum atomic E-state index is 2.36. The van der Waals surface area contributed by atoms with Crippen LogP contribution in [0.5, 0.6) is 0 Å². The highest BCUT2D eigenvalue weighted by Gasteiger charge is 2.03. The van der Waals surface area contributed by atoms with Gasteiger partial charge in [0, 0.05) is 0 Å². The van der Waals surface area contributed by atoms with Gasteiger partial charge in [-0.05, 0) is 29.9 Å². The molecule has 2 rings (SSSR count). The molecule has 0 heterocycles. The topological polar surface area (TPSA) is 0 Å². The highest BCUT2D eigenvalue weighted by molar-refractivity contribution is 5.30. The van der Waals surface area contributed by atoms with Crippen molar-refractivity contribution in [1.82, 2.24) is 0 Å². The van der Waals surface area contributed by atoms with Gasteiger partial charge in [-0.25, -0.2) is 0 Å². The first-order chi connectivity index (χ1) is 6.84. The Morgan fingerprint density at radius 2 is 2.00 bits per heavy atom. The Morgan fingerprint density at radius 3 is 2.64 bits per heavy atom. The molecule has 0 aromatic heterocycles. The first-order valence-electron chi connectivity index (χ1n) is 5.26. The first-order valence-corrected chi connectivity index (χ1v) is 5.26. The van der Waals surface area contributed by atoms with Crippen molar-refractivity contribution >= 4 is 0 Å². The van der Waals surface area contributed by atoms with Crippen LogP contribution in [0.2, 0.25) is 0 Å². The molecule has 0 fully saturated rings. The Hall–Kier alpha value is -1.30. The van der Waals surface area contributed by atoms with Gasteiger partial charge in [0.2, 0.25) is 0 Å². The minimum Gasteiger partial charge on any atom is -0.0811 e. The van der Waals surface area contributed by atoms with Gasteiger partial charge < -0.3 is 0 Å². The Labute approximate surface area is 86.0 Å². The molecule has 1 aromatic rings. The number of rotatable bonds is 2. The number of hydrogen-bond donors (Lipinski definition) is 0. The van der Waals surface area contributed by atoms with E-state index in [0.717, 1.165) is 12.3 Å². The van der Waals surface area contributed by atoms with Crippen molar-refractivity contribution in [3.8, 4) is 0 Å². The molecule has 1 aliphatic carbocycles. The van der Waals surface area contributed by atoms with E-state index in [9.17, 15) is 0 Å². The second-order valence-electron chi connectivity index (χ2n) is 4.01. The van der Waals surface area contributed by atoms with Gasteiger partial charge >= 0.3 is 0 Å². The molecule has 1 atom stereocenters. The molecule has 0 heteroatoms. The standard InChI is InChI=1S/C14H16/c1-12-7-9-14(10-8-12)11-13-5-3-2-4-6-13/h2-7,9-10,12H,8,11H2,1H3. The molecule has 72 valence electrons. The molecular formula is C14H16. The highest BCUT2D eigenvalue weighted by Crippen LogP contribution is 2.18. The lowest BCUT2D eigenvalue weighted by atomic mass is 9.95. The van der Waals surface area contributed by atoms with Crippen molar-refractivity contribution in [3.63, 3.8) is 0 Å². The van der Waals surface area contributed by atoms with Gasteiger partial charge in [-0.15, -0.1) is 0 Å². The lowest BCUT2D eigenvalue weighted by molar-refractivity contribution is 0.728. The summed E-state index contributed by atoms with van der Waals surface area (Å²) in [5.74, 6) is 0.717. The molecule has 0 saturated heterocycles. The summed E-state index contributed by atoms with van der Waals surface area (Å²) in [5, 5.41) is 0. The maximum Gasteiger partial charge on any atom is -0.00290 e. The van der Waals surface area contributed by atoms with Crippen LogP contribution in [-0.2, 0) is 6.42 Å². The van der Waals surface area contributed by atoms with Gasteiger partial charge in [0.15, 0.2) is 0 Å². The first kappa shape index (κ1) is 9.26. The summed E-state index contributed by atoms with van der Waals surface area (Å²) >= 11 is 0. The van der Waals surface area contributed by atoms with E-state index in [1.165, 1.54) is 17.6 Å². The third-order valence-electron chi connectivity index (χ3n) is 2.64. The fraction of sp³-hybridized carbons (Fsp3) is 0.286. The number of benzene rings is 1. The predicted octanol–water partition coefficient (Wildman–Crippen LogP) is 3.75. The molecule has 0 aliphatic heterocycles. The molecule has 14 heavy (non-hydrogen) atoms. The molecule has 0 nitrogen and oxygen atoms in total. The number of hydrogen-bond acceptors (Lipinski definition) is 0. The predicted molar refractivity (Wildman–Crippen MR) is 61.2 cm³/mol. The van der Waals surface area contributed by atoms with E-state index in [1.54, 1.807) is 0 Å². The summed E-state index contributed by atoms with van der Waals surface area (Å²) in [6.07, 6.45) is 9.19. The molecule has 0 radical (unpaired) electrons. The van der Waals surface area contributed by atoms with Crippen molar-refractivity contribution in [2.24, 2.45) is 5.92 Å². The second kappa shape index (κ2) is 4.28. The minimum atomic E-state index is 0.717. The lowest BCUT2D eigenvalue weighted by Gasteiger charge is -2.11. The normalized spacial score (nSPS) is 20.6. The van der Waals surface area contributed by atoms with Crippen LogP contribution in [0.3, 0.4) is 0 Å². The molecule has 1 aromatic carbocycles. The van der Waals surface area contributed by atoms with Crippen LogP contribution >= 0.6 is 0 Å². The van der Waals surface area contributed by atoms with Crippen LogP contribution in [0.1, 0.15) is 18.9 Å². The van der Waals surface area contributed by atoms with Crippen LogP contribution in [0.4, 0.5) is 0 Å². The van der Waals surface area contributed by atoms with Gasteiger partial charge in [-0.3, -0.25) is 0 Å². The second-order valence-corrected chi connectivity index (χ2v) is 4.01. The Morgan fingerprint density at radius 1 is 1.21 bits per heavy atom. The third kappa shape index (κ3) is 2.35. The Kier molecular flexibility index (Phi) is 2.83. The number of allylic oxidation sites excluding steroid dienone is 4. The average Bonchev–Trinajstić information content (AvgIpc) is 2.23. The average molecular weight is 184 g/mol. The van der Waals surface area contributed by atoms with E-state index in [1.807, 2.05) is 0 Å². The van der Waals surface area contributed by atoms with Gasteiger partial charge in [0.1, 0.15) is 0 Å². The zero-order valence-electron chi connectivity index (χ0n) is 8.61. The van der Waals surface area contributed by atoms with Crippen LogP contribution in [0.15, 0.2) is 54.1 Å². The van der Waals surface area contributed by atoms with Crippen LogP contribution in [0.25, 0.3) is 0 Å². The summed E-state index contributed by atoms with van der Waals surface area (Å²) in [6.45, 7) is 2.26. The highest BCUT2D eigenvalue weighted by atomic mass is 14.1. The molecule has 0 bridgehead atoms. The molecule has 0 amide bonds. The monoisotopic (exact) mass is 184 g/mol. The van der Waals surface area contributed by atoms with Crippen molar-refractivity contribution in [3.05, 3.63) is 59.7 Å². The van der Waals surface area contributed by atoms with Crippen LogP contribution in [0, 0.1) is 5.92 Å². The van der Waals surface area contributed by atoms with Crippen LogP contribution in [-0.4, -0.2) is 0 Å². The molecule has 0 N–H and O–H groups in total. The fourth-order valence-electron chi connectivity index (χ4n) is 1.73. The largest absolute Gasteiger partial charge is 0.0811 e. The smallest absolute Gasteiger partial charge is 0.00290 e.